The zero-order valence-electron chi connectivity index (χ0n) is 13.0. The van der Waals surface area contributed by atoms with Crippen molar-refractivity contribution in [1.29, 1.82) is 0 Å². The molecule has 2 aliphatic rings. The van der Waals surface area contributed by atoms with Gasteiger partial charge in [0.2, 0.25) is 5.91 Å². The number of aliphatic hydroxyl groups is 2. The van der Waals surface area contributed by atoms with Crippen LogP contribution in [0.5, 0.6) is 0 Å². The van der Waals surface area contributed by atoms with Crippen LogP contribution in [0.15, 0.2) is 24.3 Å². The first-order valence-electron chi connectivity index (χ1n) is 8.31. The Kier molecular flexibility index (Phi) is 4.24. The van der Waals surface area contributed by atoms with Gasteiger partial charge in [-0.2, -0.15) is 0 Å². The predicted octanol–water partition coefficient (Wildman–Crippen LogP) is 2.02. The number of carbonyl (C=O) groups is 1. The normalized spacial score (nSPS) is 26.5. The topological polar surface area (TPSA) is 69.6 Å². The van der Waals surface area contributed by atoms with Gasteiger partial charge in [0, 0.05) is 0 Å². The summed E-state index contributed by atoms with van der Waals surface area (Å²) >= 11 is 0. The average Bonchev–Trinajstić information content (AvgIpc) is 2.84. The fourth-order valence-corrected chi connectivity index (χ4v) is 3.84. The van der Waals surface area contributed by atoms with E-state index in [1.165, 1.54) is 0 Å². The number of amides is 1. The fourth-order valence-electron chi connectivity index (χ4n) is 3.84. The molecule has 1 saturated carbocycles. The lowest BCUT2D eigenvalue weighted by molar-refractivity contribution is -0.128. The molecular formula is C18H25NO3. The third-order valence-corrected chi connectivity index (χ3v) is 5.18. The molecule has 0 aliphatic heterocycles. The second-order valence-electron chi connectivity index (χ2n) is 6.93. The summed E-state index contributed by atoms with van der Waals surface area (Å²) in [6.45, 7) is 0.221. The Morgan fingerprint density at radius 1 is 1.09 bits per heavy atom. The van der Waals surface area contributed by atoms with Crippen LogP contribution < -0.4 is 5.32 Å². The Balaban J connectivity index is 1.57. The van der Waals surface area contributed by atoms with E-state index in [0.717, 1.165) is 36.8 Å². The third-order valence-electron chi connectivity index (χ3n) is 5.18. The number of fused-ring (bicyclic) bond motifs is 1. The predicted molar refractivity (Wildman–Crippen MR) is 84.3 cm³/mol. The molecule has 3 N–H and O–H groups in total. The van der Waals surface area contributed by atoms with E-state index >= 15 is 0 Å². The van der Waals surface area contributed by atoms with Crippen LogP contribution in [0.4, 0.5) is 0 Å². The van der Waals surface area contributed by atoms with Crippen molar-refractivity contribution in [2.45, 2.75) is 62.6 Å². The largest absolute Gasteiger partial charge is 0.389 e. The molecule has 0 saturated heterocycles. The number of hydrogen-bond acceptors (Lipinski definition) is 3. The summed E-state index contributed by atoms with van der Waals surface area (Å²) in [6.07, 6.45) is 6.14. The van der Waals surface area contributed by atoms with Gasteiger partial charge in [-0.15, -0.1) is 0 Å². The number of rotatable bonds is 4. The van der Waals surface area contributed by atoms with Crippen LogP contribution in [0.1, 0.15) is 56.1 Å². The summed E-state index contributed by atoms with van der Waals surface area (Å²) in [5.74, 6) is -0.165. The summed E-state index contributed by atoms with van der Waals surface area (Å²) in [7, 11) is 0. The van der Waals surface area contributed by atoms with Crippen molar-refractivity contribution >= 4 is 5.91 Å². The van der Waals surface area contributed by atoms with E-state index in [1.807, 2.05) is 24.3 Å². The van der Waals surface area contributed by atoms with Gasteiger partial charge in [-0.3, -0.25) is 4.79 Å². The van der Waals surface area contributed by atoms with Gasteiger partial charge in [0.05, 0.1) is 18.6 Å². The maximum Gasteiger partial charge on any atom is 0.223 e. The number of nitrogens with one attached hydrogen (secondary N) is 1. The van der Waals surface area contributed by atoms with Gasteiger partial charge in [-0.1, -0.05) is 43.5 Å². The summed E-state index contributed by atoms with van der Waals surface area (Å²) in [6, 6.07) is 7.85. The van der Waals surface area contributed by atoms with Crippen LogP contribution in [0.3, 0.4) is 0 Å². The lowest BCUT2D eigenvalue weighted by Crippen LogP contribution is -2.43. The maximum absolute atomic E-state index is 12.1. The molecule has 120 valence electrons. The lowest BCUT2D eigenvalue weighted by atomic mass is 9.82. The molecule has 2 aliphatic carbocycles. The molecule has 1 aromatic rings. The van der Waals surface area contributed by atoms with Crippen molar-refractivity contribution in [3.8, 4) is 0 Å². The van der Waals surface area contributed by atoms with Crippen LogP contribution in [-0.2, 0) is 16.8 Å². The Bertz CT molecular complexity index is 551. The van der Waals surface area contributed by atoms with Gasteiger partial charge in [-0.05, 0) is 36.8 Å². The quantitative estimate of drug-likeness (QED) is 0.797. The van der Waals surface area contributed by atoms with Crippen LogP contribution in [0, 0.1) is 0 Å². The highest BCUT2D eigenvalue weighted by Gasteiger charge is 2.37. The van der Waals surface area contributed by atoms with Crippen LogP contribution in [0.2, 0.25) is 0 Å². The summed E-state index contributed by atoms with van der Waals surface area (Å²) in [5, 5.41) is 24.0. The molecule has 0 spiro atoms. The van der Waals surface area contributed by atoms with Crippen LogP contribution >= 0.6 is 0 Å². The van der Waals surface area contributed by atoms with E-state index in [4.69, 9.17) is 0 Å². The van der Waals surface area contributed by atoms with Crippen molar-refractivity contribution in [3.63, 3.8) is 0 Å². The maximum atomic E-state index is 12.1. The second kappa shape index (κ2) is 6.01. The molecular weight excluding hydrogens is 278 g/mol. The molecule has 4 nitrogen and oxygen atoms in total. The van der Waals surface area contributed by atoms with Gasteiger partial charge < -0.3 is 15.5 Å². The Morgan fingerprint density at radius 3 is 2.59 bits per heavy atom. The zero-order chi connectivity index (χ0) is 15.6. The average molecular weight is 303 g/mol. The highest BCUT2D eigenvalue weighted by molar-refractivity contribution is 5.77. The minimum Gasteiger partial charge on any atom is -0.389 e. The lowest BCUT2D eigenvalue weighted by Gasteiger charge is -2.32. The Morgan fingerprint density at radius 2 is 1.82 bits per heavy atom. The van der Waals surface area contributed by atoms with E-state index in [0.29, 0.717) is 19.3 Å². The highest BCUT2D eigenvalue weighted by Crippen LogP contribution is 2.36. The summed E-state index contributed by atoms with van der Waals surface area (Å²) < 4.78 is 0. The van der Waals surface area contributed by atoms with E-state index < -0.39 is 11.2 Å². The van der Waals surface area contributed by atoms with Crippen molar-refractivity contribution in [1.82, 2.24) is 5.32 Å². The number of benzene rings is 1. The van der Waals surface area contributed by atoms with E-state index in [-0.39, 0.29) is 18.9 Å². The van der Waals surface area contributed by atoms with E-state index in [1.54, 1.807) is 0 Å². The number of aryl methyl sites for hydroxylation is 1. The molecule has 1 aromatic carbocycles. The van der Waals surface area contributed by atoms with Gasteiger partial charge in [0.1, 0.15) is 5.60 Å². The smallest absolute Gasteiger partial charge is 0.223 e. The van der Waals surface area contributed by atoms with E-state index in [9.17, 15) is 15.0 Å². The summed E-state index contributed by atoms with van der Waals surface area (Å²) in [5.41, 5.74) is 0.261. The van der Waals surface area contributed by atoms with Crippen molar-refractivity contribution in [2.75, 3.05) is 6.54 Å². The Hall–Kier alpha value is -1.39. The second-order valence-corrected chi connectivity index (χ2v) is 6.93. The van der Waals surface area contributed by atoms with Crippen molar-refractivity contribution in [2.24, 2.45) is 0 Å². The molecule has 0 aromatic heterocycles. The van der Waals surface area contributed by atoms with Crippen LogP contribution in [-0.4, -0.2) is 28.3 Å². The van der Waals surface area contributed by atoms with Crippen molar-refractivity contribution in [3.05, 3.63) is 35.4 Å². The van der Waals surface area contributed by atoms with Crippen LogP contribution in [0.25, 0.3) is 0 Å². The molecule has 22 heavy (non-hydrogen) atoms. The number of hydrogen-bond donors (Lipinski definition) is 3. The molecule has 1 unspecified atom stereocenters. The molecule has 1 atom stereocenters. The monoisotopic (exact) mass is 303 g/mol. The Labute approximate surface area is 131 Å². The molecule has 0 heterocycles. The molecule has 1 amide bonds. The van der Waals surface area contributed by atoms with Crippen molar-refractivity contribution < 1.29 is 15.0 Å². The molecule has 0 bridgehead atoms. The summed E-state index contributed by atoms with van der Waals surface area (Å²) in [4.78, 5) is 12.1. The fraction of sp³-hybridized carbons (Fsp3) is 0.611. The molecule has 0 radical (unpaired) electrons. The standard InChI is InChI=1S/C18H25NO3/c20-16(12-17(21)9-4-1-5-10-17)19-13-18(22)11-8-14-6-2-3-7-15(14)18/h2-3,6-7,21-22H,1,4-5,8-13H2,(H,19,20). The molecule has 1 fully saturated rings. The first-order chi connectivity index (χ1) is 10.5. The van der Waals surface area contributed by atoms with Gasteiger partial charge in [0.15, 0.2) is 0 Å². The third kappa shape index (κ3) is 3.18. The first-order valence-corrected chi connectivity index (χ1v) is 8.31. The van der Waals surface area contributed by atoms with Gasteiger partial charge in [-0.25, -0.2) is 0 Å². The highest BCUT2D eigenvalue weighted by atomic mass is 16.3. The molecule has 4 heteroatoms. The zero-order valence-corrected chi connectivity index (χ0v) is 13.0. The molecule has 3 rings (SSSR count). The minimum atomic E-state index is -0.971. The van der Waals surface area contributed by atoms with Gasteiger partial charge in [0.25, 0.3) is 0 Å². The van der Waals surface area contributed by atoms with Gasteiger partial charge >= 0.3 is 0 Å². The SMILES string of the molecule is O=C(CC1(O)CCCCC1)NCC1(O)CCc2ccccc21. The van der Waals surface area contributed by atoms with E-state index in [2.05, 4.69) is 5.32 Å². The number of carbonyl (C=O) groups excluding carboxylic acids is 1. The first kappa shape index (κ1) is 15.5. The minimum absolute atomic E-state index is 0.144.